The van der Waals surface area contributed by atoms with E-state index < -0.39 is 45.6 Å². The minimum Gasteiger partial charge on any atom is -0.390 e. The standard InChI is InChI=1S/C27H42O7/c1-22(2)9-8-21(34-22)25(5,31)19-7-11-26(32)16-12-20(30)27(33)14-18(29)17(28)13-24(27,4)15(16)6-10-23(19,26)3/h12,15,17-19,21,28-29,31-33H,6-11,13-14H2,1-5H3/t15-,17-,18+,19-,21+,23+,24+,25-,26+,27+/m0/s1. The average molecular weight is 479 g/mol. The lowest BCUT2D eigenvalue weighted by Crippen LogP contribution is -2.69. The number of hydrogen-bond donors (Lipinski definition) is 5. The topological polar surface area (TPSA) is 127 Å². The Bertz CT molecular complexity index is 926. The van der Waals surface area contributed by atoms with Crippen molar-refractivity contribution in [2.24, 2.45) is 22.7 Å². The Morgan fingerprint density at radius 1 is 0.912 bits per heavy atom. The maximum atomic E-state index is 13.4. The Kier molecular flexibility index (Phi) is 5.22. The van der Waals surface area contributed by atoms with Crippen molar-refractivity contribution in [1.82, 2.24) is 0 Å². The monoisotopic (exact) mass is 478 g/mol. The van der Waals surface area contributed by atoms with Crippen LogP contribution in [0.3, 0.4) is 0 Å². The first-order chi connectivity index (χ1) is 15.5. The number of aliphatic hydroxyl groups is 5. The summed E-state index contributed by atoms with van der Waals surface area (Å²) < 4.78 is 6.24. The molecule has 7 nitrogen and oxygen atoms in total. The lowest BCUT2D eigenvalue weighted by atomic mass is 9.44. The Morgan fingerprint density at radius 2 is 1.56 bits per heavy atom. The van der Waals surface area contributed by atoms with Crippen molar-refractivity contribution >= 4 is 5.78 Å². The highest BCUT2D eigenvalue weighted by Gasteiger charge is 2.72. The molecule has 0 bridgehead atoms. The Balaban J connectivity index is 1.53. The van der Waals surface area contributed by atoms with Crippen LogP contribution in [-0.2, 0) is 9.53 Å². The van der Waals surface area contributed by atoms with Gasteiger partial charge in [0.05, 0.1) is 35.1 Å². The summed E-state index contributed by atoms with van der Waals surface area (Å²) in [4.78, 5) is 13.4. The van der Waals surface area contributed by atoms with Gasteiger partial charge in [0.2, 0.25) is 0 Å². The number of carbonyl (C=O) groups is 1. The van der Waals surface area contributed by atoms with Gasteiger partial charge >= 0.3 is 0 Å². The Hall–Kier alpha value is -0.830. The predicted molar refractivity (Wildman–Crippen MR) is 125 cm³/mol. The largest absolute Gasteiger partial charge is 0.390 e. The minimum absolute atomic E-state index is 0.0946. The maximum absolute atomic E-state index is 13.4. The number of rotatable bonds is 2. The van der Waals surface area contributed by atoms with Gasteiger partial charge in [-0.3, -0.25) is 4.79 Å². The van der Waals surface area contributed by atoms with Gasteiger partial charge in [-0.25, -0.2) is 0 Å². The molecule has 3 saturated carbocycles. The van der Waals surface area contributed by atoms with E-state index in [2.05, 4.69) is 0 Å². The molecule has 0 aromatic heterocycles. The summed E-state index contributed by atoms with van der Waals surface area (Å²) in [5.74, 6) is -1.00. The molecule has 10 atom stereocenters. The quantitative estimate of drug-likeness (QED) is 0.411. The minimum atomic E-state index is -1.77. The number of ketones is 1. The molecule has 34 heavy (non-hydrogen) atoms. The average Bonchev–Trinajstić information content (AvgIpc) is 3.23. The van der Waals surface area contributed by atoms with Gasteiger partial charge in [0.15, 0.2) is 5.78 Å². The van der Waals surface area contributed by atoms with E-state index in [9.17, 15) is 30.3 Å². The van der Waals surface area contributed by atoms with E-state index in [1.807, 2.05) is 34.6 Å². The summed E-state index contributed by atoms with van der Waals surface area (Å²) >= 11 is 0. The molecule has 0 radical (unpaired) electrons. The molecule has 0 aromatic rings. The smallest absolute Gasteiger partial charge is 0.187 e. The molecule has 192 valence electrons. The summed E-state index contributed by atoms with van der Waals surface area (Å²) in [7, 11) is 0. The molecule has 1 saturated heterocycles. The van der Waals surface area contributed by atoms with Crippen LogP contribution in [0, 0.1) is 22.7 Å². The number of carbonyl (C=O) groups excluding carboxylic acids is 1. The van der Waals surface area contributed by atoms with Crippen LogP contribution in [0.2, 0.25) is 0 Å². The predicted octanol–water partition coefficient (Wildman–Crippen LogP) is 2.01. The molecule has 1 heterocycles. The van der Waals surface area contributed by atoms with Crippen LogP contribution in [0.1, 0.15) is 86.0 Å². The summed E-state index contributed by atoms with van der Waals surface area (Å²) in [6, 6.07) is 0. The third kappa shape index (κ3) is 2.94. The maximum Gasteiger partial charge on any atom is 0.187 e. The second-order valence-corrected chi connectivity index (χ2v) is 13.4. The fourth-order valence-corrected chi connectivity index (χ4v) is 8.91. The molecule has 5 rings (SSSR count). The van der Waals surface area contributed by atoms with Crippen molar-refractivity contribution in [2.45, 2.75) is 127 Å². The zero-order valence-corrected chi connectivity index (χ0v) is 21.2. The highest BCUT2D eigenvalue weighted by molar-refractivity contribution is 6.00. The van der Waals surface area contributed by atoms with Crippen molar-refractivity contribution in [3.8, 4) is 0 Å². The van der Waals surface area contributed by atoms with Crippen molar-refractivity contribution in [3.63, 3.8) is 0 Å². The van der Waals surface area contributed by atoms with Crippen molar-refractivity contribution in [3.05, 3.63) is 11.6 Å². The van der Waals surface area contributed by atoms with Crippen molar-refractivity contribution < 1.29 is 35.1 Å². The van der Waals surface area contributed by atoms with Gasteiger partial charge in [0.25, 0.3) is 0 Å². The first-order valence-corrected chi connectivity index (χ1v) is 13.0. The fourth-order valence-electron chi connectivity index (χ4n) is 8.91. The molecule has 1 aliphatic heterocycles. The molecule has 0 unspecified atom stereocenters. The summed E-state index contributed by atoms with van der Waals surface area (Å²) in [6.07, 6.45) is 2.75. The Morgan fingerprint density at radius 3 is 2.18 bits per heavy atom. The van der Waals surface area contributed by atoms with Crippen LogP contribution in [-0.4, -0.2) is 72.0 Å². The lowest BCUT2D eigenvalue weighted by molar-refractivity contribution is -0.213. The molecule has 4 aliphatic carbocycles. The van der Waals surface area contributed by atoms with E-state index in [0.717, 1.165) is 12.8 Å². The first kappa shape index (κ1) is 24.8. The molecule has 5 aliphatic rings. The van der Waals surface area contributed by atoms with Crippen LogP contribution in [0.15, 0.2) is 11.6 Å². The molecule has 0 aromatic carbocycles. The van der Waals surface area contributed by atoms with Gasteiger partial charge in [0.1, 0.15) is 5.60 Å². The van der Waals surface area contributed by atoms with Gasteiger partial charge in [-0.1, -0.05) is 13.8 Å². The molecular weight excluding hydrogens is 436 g/mol. The van der Waals surface area contributed by atoms with E-state index in [-0.39, 0.29) is 36.4 Å². The molecule has 0 amide bonds. The zero-order chi connectivity index (χ0) is 25.1. The summed E-state index contributed by atoms with van der Waals surface area (Å²) in [6.45, 7) is 9.77. The van der Waals surface area contributed by atoms with E-state index in [4.69, 9.17) is 4.74 Å². The van der Waals surface area contributed by atoms with E-state index in [1.54, 1.807) is 0 Å². The van der Waals surface area contributed by atoms with Gasteiger partial charge < -0.3 is 30.3 Å². The van der Waals surface area contributed by atoms with Crippen LogP contribution in [0.4, 0.5) is 0 Å². The molecule has 5 N–H and O–H groups in total. The van der Waals surface area contributed by atoms with Crippen LogP contribution >= 0.6 is 0 Å². The number of aliphatic hydroxyl groups excluding tert-OH is 2. The van der Waals surface area contributed by atoms with Crippen LogP contribution < -0.4 is 0 Å². The molecule has 7 heteroatoms. The van der Waals surface area contributed by atoms with Crippen molar-refractivity contribution in [2.75, 3.05) is 0 Å². The van der Waals surface area contributed by atoms with Gasteiger partial charge in [-0.15, -0.1) is 0 Å². The normalized spacial score (nSPS) is 54.0. The third-order valence-corrected chi connectivity index (χ3v) is 11.1. The number of hydrogen-bond acceptors (Lipinski definition) is 7. The van der Waals surface area contributed by atoms with E-state index in [1.165, 1.54) is 6.08 Å². The first-order valence-electron chi connectivity index (χ1n) is 13.0. The molecule has 0 spiro atoms. The van der Waals surface area contributed by atoms with Crippen LogP contribution in [0.25, 0.3) is 0 Å². The number of ether oxygens (including phenoxy) is 1. The van der Waals surface area contributed by atoms with Gasteiger partial charge in [-0.05, 0) is 89.2 Å². The van der Waals surface area contributed by atoms with E-state index in [0.29, 0.717) is 31.3 Å². The third-order valence-electron chi connectivity index (χ3n) is 11.1. The molecule has 4 fully saturated rings. The van der Waals surface area contributed by atoms with Crippen LogP contribution in [0.5, 0.6) is 0 Å². The van der Waals surface area contributed by atoms with E-state index >= 15 is 0 Å². The fraction of sp³-hybridized carbons (Fsp3) is 0.889. The van der Waals surface area contributed by atoms with Gasteiger partial charge in [-0.2, -0.15) is 0 Å². The number of fused-ring (bicyclic) bond motifs is 5. The second kappa shape index (κ2) is 7.14. The highest BCUT2D eigenvalue weighted by atomic mass is 16.5. The van der Waals surface area contributed by atoms with Crippen molar-refractivity contribution in [1.29, 1.82) is 0 Å². The SMILES string of the molecule is CC1(C)CC[C@H]([C@@](C)(O)[C@H]2CC[C@@]3(O)C4=CC(=O)[C@]5(O)C[C@@H](O)[C@@H](O)C[C@]5(C)[C@H]4CC[C@]23C)O1. The summed E-state index contributed by atoms with van der Waals surface area (Å²) in [5, 5.41) is 56.4. The molecular formula is C27H42O7. The van der Waals surface area contributed by atoms with Gasteiger partial charge in [0, 0.05) is 17.3 Å². The zero-order valence-electron chi connectivity index (χ0n) is 21.2. The lowest BCUT2D eigenvalue weighted by Gasteiger charge is -2.62. The second-order valence-electron chi connectivity index (χ2n) is 13.4. The highest BCUT2D eigenvalue weighted by Crippen LogP contribution is 2.69. The Labute approximate surface area is 202 Å². The summed E-state index contributed by atoms with van der Waals surface area (Å²) in [5.41, 5.74) is -5.48.